The van der Waals surface area contributed by atoms with Crippen LogP contribution in [0.15, 0.2) is 12.1 Å². The second-order valence-corrected chi connectivity index (χ2v) is 8.08. The average molecular weight is 308 g/mol. The Morgan fingerprint density at radius 2 is 2.29 bits per heavy atom. The van der Waals surface area contributed by atoms with Gasteiger partial charge in [0.2, 0.25) is 0 Å². The summed E-state index contributed by atoms with van der Waals surface area (Å²) >= 11 is 1.85. The summed E-state index contributed by atoms with van der Waals surface area (Å²) in [4.78, 5) is 19.3. The molecule has 21 heavy (non-hydrogen) atoms. The van der Waals surface area contributed by atoms with Crippen molar-refractivity contribution in [2.24, 2.45) is 11.3 Å². The van der Waals surface area contributed by atoms with Crippen LogP contribution in [-0.4, -0.2) is 54.1 Å². The van der Waals surface area contributed by atoms with E-state index in [0.717, 1.165) is 39.0 Å². The van der Waals surface area contributed by atoms with Gasteiger partial charge in [-0.1, -0.05) is 0 Å². The van der Waals surface area contributed by atoms with Gasteiger partial charge in [0.25, 0.3) is 0 Å². The number of aryl methyl sites for hydroxylation is 1. The molecule has 116 valence electrons. The molecule has 4 nitrogen and oxygen atoms in total. The molecule has 2 aliphatic heterocycles. The largest absolute Gasteiger partial charge is 0.481 e. The number of fused-ring (bicyclic) bond motifs is 1. The standard InChI is InChI=1S/C16H24N2O2S/c1-12-4-5-14(21-12)10-18-7-3-6-16(15(19)20)11-17(2)8-13(16)9-18/h4-5,13H,3,6-11H2,1-2H3,(H,19,20)/t13-,16+/m1/s1. The van der Waals surface area contributed by atoms with Crippen LogP contribution in [0.5, 0.6) is 0 Å². The third-order valence-electron chi connectivity index (χ3n) is 5.04. The van der Waals surface area contributed by atoms with Gasteiger partial charge in [-0.25, -0.2) is 0 Å². The maximum atomic E-state index is 11.9. The molecule has 0 bridgehead atoms. The van der Waals surface area contributed by atoms with Crippen molar-refractivity contribution in [1.29, 1.82) is 0 Å². The molecule has 1 aromatic rings. The van der Waals surface area contributed by atoms with Gasteiger partial charge in [-0.15, -0.1) is 11.3 Å². The van der Waals surface area contributed by atoms with Crippen molar-refractivity contribution < 1.29 is 9.90 Å². The molecule has 2 aliphatic rings. The molecule has 1 N–H and O–H groups in total. The van der Waals surface area contributed by atoms with Crippen LogP contribution < -0.4 is 0 Å². The number of thiophene rings is 1. The molecule has 0 amide bonds. The zero-order valence-electron chi connectivity index (χ0n) is 12.8. The third kappa shape index (κ3) is 2.87. The number of rotatable bonds is 3. The van der Waals surface area contributed by atoms with E-state index in [9.17, 15) is 9.90 Å². The highest BCUT2D eigenvalue weighted by Gasteiger charge is 2.52. The van der Waals surface area contributed by atoms with E-state index >= 15 is 0 Å². The Labute approximate surface area is 130 Å². The summed E-state index contributed by atoms with van der Waals surface area (Å²) in [5, 5.41) is 9.78. The summed E-state index contributed by atoms with van der Waals surface area (Å²) in [5.74, 6) is -0.339. The van der Waals surface area contributed by atoms with Crippen LogP contribution in [0.4, 0.5) is 0 Å². The number of aliphatic carboxylic acids is 1. The number of carboxylic acids is 1. The second-order valence-electron chi connectivity index (χ2n) is 6.71. The van der Waals surface area contributed by atoms with Crippen LogP contribution >= 0.6 is 11.3 Å². The molecule has 5 heteroatoms. The SMILES string of the molecule is Cc1ccc(CN2CCC[C@]3(C(=O)O)CN(C)C[C@@H]3C2)s1. The zero-order valence-corrected chi connectivity index (χ0v) is 13.7. The van der Waals surface area contributed by atoms with E-state index in [-0.39, 0.29) is 5.92 Å². The third-order valence-corrected chi connectivity index (χ3v) is 6.03. The smallest absolute Gasteiger partial charge is 0.311 e. The highest BCUT2D eigenvalue weighted by atomic mass is 32.1. The Morgan fingerprint density at radius 3 is 2.95 bits per heavy atom. The molecule has 0 radical (unpaired) electrons. The minimum Gasteiger partial charge on any atom is -0.481 e. The molecule has 2 atom stereocenters. The Hall–Kier alpha value is -0.910. The zero-order chi connectivity index (χ0) is 15.0. The van der Waals surface area contributed by atoms with Gasteiger partial charge in [0.05, 0.1) is 5.41 Å². The fraction of sp³-hybridized carbons (Fsp3) is 0.688. The van der Waals surface area contributed by atoms with Gasteiger partial charge in [0, 0.05) is 41.9 Å². The molecule has 2 saturated heterocycles. The number of nitrogens with zero attached hydrogens (tertiary/aromatic N) is 2. The Bertz CT molecular complexity index is 530. The number of hydrogen-bond acceptors (Lipinski definition) is 4. The first-order chi connectivity index (χ1) is 9.99. The van der Waals surface area contributed by atoms with E-state index in [1.165, 1.54) is 9.75 Å². The topological polar surface area (TPSA) is 43.8 Å². The van der Waals surface area contributed by atoms with Crippen LogP contribution in [-0.2, 0) is 11.3 Å². The summed E-state index contributed by atoms with van der Waals surface area (Å²) in [6.07, 6.45) is 1.80. The highest BCUT2D eigenvalue weighted by molar-refractivity contribution is 7.11. The molecule has 0 unspecified atom stereocenters. The van der Waals surface area contributed by atoms with Crippen molar-refractivity contribution in [1.82, 2.24) is 9.80 Å². The van der Waals surface area contributed by atoms with E-state index in [4.69, 9.17) is 0 Å². The Balaban J connectivity index is 1.75. The van der Waals surface area contributed by atoms with Gasteiger partial charge < -0.3 is 10.0 Å². The lowest BCUT2D eigenvalue weighted by molar-refractivity contribution is -0.150. The van der Waals surface area contributed by atoms with Crippen LogP contribution in [0.25, 0.3) is 0 Å². The van der Waals surface area contributed by atoms with Crippen molar-refractivity contribution in [3.63, 3.8) is 0 Å². The van der Waals surface area contributed by atoms with Crippen molar-refractivity contribution in [3.05, 3.63) is 21.9 Å². The minimum atomic E-state index is -0.592. The van der Waals surface area contributed by atoms with Crippen LogP contribution in [0.1, 0.15) is 22.6 Å². The highest BCUT2D eigenvalue weighted by Crippen LogP contribution is 2.42. The lowest BCUT2D eigenvalue weighted by Crippen LogP contribution is -2.41. The quantitative estimate of drug-likeness (QED) is 0.930. The summed E-state index contributed by atoms with van der Waals surface area (Å²) < 4.78 is 0. The van der Waals surface area contributed by atoms with Crippen molar-refractivity contribution in [2.75, 3.05) is 33.2 Å². The first kappa shape index (κ1) is 15.0. The Kier molecular flexibility index (Phi) is 4.08. The van der Waals surface area contributed by atoms with E-state index in [2.05, 4.69) is 28.9 Å². The fourth-order valence-corrected chi connectivity index (χ4v) is 4.98. The van der Waals surface area contributed by atoms with Crippen molar-refractivity contribution >= 4 is 17.3 Å². The van der Waals surface area contributed by atoms with Crippen LogP contribution in [0.2, 0.25) is 0 Å². The fourth-order valence-electron chi connectivity index (χ4n) is 4.05. The Morgan fingerprint density at radius 1 is 1.48 bits per heavy atom. The van der Waals surface area contributed by atoms with Crippen molar-refractivity contribution in [3.8, 4) is 0 Å². The summed E-state index contributed by atoms with van der Waals surface area (Å²) in [5.41, 5.74) is -0.519. The summed E-state index contributed by atoms with van der Waals surface area (Å²) in [7, 11) is 2.05. The van der Waals surface area contributed by atoms with Crippen molar-refractivity contribution in [2.45, 2.75) is 26.3 Å². The maximum absolute atomic E-state index is 11.9. The van der Waals surface area contributed by atoms with Gasteiger partial charge in [-0.2, -0.15) is 0 Å². The molecule has 0 aliphatic carbocycles. The lowest BCUT2D eigenvalue weighted by Gasteiger charge is -2.29. The van der Waals surface area contributed by atoms with Crippen LogP contribution in [0, 0.1) is 18.3 Å². The van der Waals surface area contributed by atoms with Gasteiger partial charge >= 0.3 is 5.97 Å². The van der Waals surface area contributed by atoms with Gasteiger partial charge in [0.1, 0.15) is 0 Å². The predicted molar refractivity (Wildman–Crippen MR) is 84.6 cm³/mol. The number of carbonyl (C=O) groups is 1. The molecule has 1 aromatic heterocycles. The lowest BCUT2D eigenvalue weighted by atomic mass is 9.75. The minimum absolute atomic E-state index is 0.253. The van der Waals surface area contributed by atoms with Crippen LogP contribution in [0.3, 0.4) is 0 Å². The monoisotopic (exact) mass is 308 g/mol. The average Bonchev–Trinajstić information content (AvgIpc) is 2.89. The maximum Gasteiger partial charge on any atom is 0.311 e. The molecule has 3 heterocycles. The normalized spacial score (nSPS) is 31.0. The van der Waals surface area contributed by atoms with Gasteiger partial charge in [-0.3, -0.25) is 9.69 Å². The van der Waals surface area contributed by atoms with E-state index < -0.39 is 11.4 Å². The first-order valence-electron chi connectivity index (χ1n) is 7.69. The van der Waals surface area contributed by atoms with E-state index in [1.807, 2.05) is 18.4 Å². The summed E-state index contributed by atoms with van der Waals surface area (Å²) in [6, 6.07) is 4.37. The van der Waals surface area contributed by atoms with E-state index in [0.29, 0.717) is 6.54 Å². The molecule has 3 rings (SSSR count). The van der Waals surface area contributed by atoms with Gasteiger partial charge in [0.15, 0.2) is 0 Å². The van der Waals surface area contributed by atoms with E-state index in [1.54, 1.807) is 0 Å². The first-order valence-corrected chi connectivity index (χ1v) is 8.51. The second kappa shape index (κ2) is 5.71. The molecule has 2 fully saturated rings. The van der Waals surface area contributed by atoms with Gasteiger partial charge in [-0.05, 0) is 45.5 Å². The summed E-state index contributed by atoms with van der Waals surface area (Å²) in [6.45, 7) is 6.65. The molecular weight excluding hydrogens is 284 g/mol. The molecular formula is C16H24N2O2S. The molecule has 0 saturated carbocycles. The molecule has 0 aromatic carbocycles. The number of likely N-dealkylation sites (tertiary alicyclic amines) is 2. The number of carboxylic acid groups (broad SMARTS) is 1. The molecule has 0 spiro atoms. The number of hydrogen-bond donors (Lipinski definition) is 1. The predicted octanol–water partition coefficient (Wildman–Crippen LogP) is 2.28.